The van der Waals surface area contributed by atoms with E-state index in [0.29, 0.717) is 40.5 Å². The summed E-state index contributed by atoms with van der Waals surface area (Å²) in [6.07, 6.45) is 1.19. The average Bonchev–Trinajstić information content (AvgIpc) is 2.45. The maximum atomic E-state index is 12.6. The Balaban J connectivity index is 2.09. The molecule has 4 nitrogen and oxygen atoms in total. The van der Waals surface area contributed by atoms with E-state index in [-0.39, 0.29) is 16.6 Å². The molecule has 0 unspecified atom stereocenters. The van der Waals surface area contributed by atoms with Crippen LogP contribution in [-0.2, 0) is 6.42 Å². The fourth-order valence-electron chi connectivity index (χ4n) is 3.19. The molecular weight excluding hydrogens is 278 g/mol. The van der Waals surface area contributed by atoms with Gasteiger partial charge in [-0.15, -0.1) is 0 Å². The average molecular weight is 293 g/mol. The molecule has 110 valence electrons. The van der Waals surface area contributed by atoms with E-state index in [0.717, 1.165) is 5.69 Å². The van der Waals surface area contributed by atoms with Gasteiger partial charge < -0.3 is 4.42 Å². The number of hydrogen-bond acceptors (Lipinski definition) is 4. The predicted octanol–water partition coefficient (Wildman–Crippen LogP) is 3.50. The van der Waals surface area contributed by atoms with Gasteiger partial charge in [-0.25, -0.2) is 4.98 Å². The maximum absolute atomic E-state index is 12.6. The van der Waals surface area contributed by atoms with E-state index in [4.69, 9.17) is 4.42 Å². The smallest absolute Gasteiger partial charge is 0.230 e. The number of ketones is 1. The van der Waals surface area contributed by atoms with Gasteiger partial charge in [0.2, 0.25) is 11.1 Å². The van der Waals surface area contributed by atoms with Crippen molar-refractivity contribution < 1.29 is 9.21 Å². The standard InChI is InChI=1S/C18H15NO3/c1-18(2)8-13-11(14(20)9-18)7-12-16(21)10-5-3-4-6-15(10)22-17(12)19-13/h3-7H,8-9H2,1-2H3. The molecule has 2 heterocycles. The number of nitrogens with zero attached hydrogens (tertiary/aromatic N) is 1. The van der Waals surface area contributed by atoms with Gasteiger partial charge in [0.05, 0.1) is 16.5 Å². The largest absolute Gasteiger partial charge is 0.437 e. The lowest BCUT2D eigenvalue weighted by molar-refractivity contribution is 0.0910. The zero-order chi connectivity index (χ0) is 15.5. The number of pyridine rings is 1. The fraction of sp³-hybridized carbons (Fsp3) is 0.278. The lowest BCUT2D eigenvalue weighted by atomic mass is 9.75. The highest BCUT2D eigenvalue weighted by Gasteiger charge is 2.32. The Labute approximate surface area is 126 Å². The Morgan fingerprint density at radius 1 is 1.09 bits per heavy atom. The van der Waals surface area contributed by atoms with Gasteiger partial charge in [-0.2, -0.15) is 0 Å². The summed E-state index contributed by atoms with van der Waals surface area (Å²) in [6, 6.07) is 8.76. The third-order valence-corrected chi connectivity index (χ3v) is 4.23. The number of hydrogen-bond donors (Lipinski definition) is 0. The molecule has 1 aliphatic rings. The van der Waals surface area contributed by atoms with Crippen molar-refractivity contribution in [2.75, 3.05) is 0 Å². The van der Waals surface area contributed by atoms with Crippen molar-refractivity contribution in [3.8, 4) is 0 Å². The molecule has 0 bridgehead atoms. The molecule has 0 saturated heterocycles. The van der Waals surface area contributed by atoms with Crippen molar-refractivity contribution in [1.82, 2.24) is 4.98 Å². The van der Waals surface area contributed by atoms with Crippen LogP contribution in [0.5, 0.6) is 0 Å². The van der Waals surface area contributed by atoms with Crippen molar-refractivity contribution in [1.29, 1.82) is 0 Å². The van der Waals surface area contributed by atoms with E-state index in [2.05, 4.69) is 18.8 Å². The molecule has 0 saturated carbocycles. The van der Waals surface area contributed by atoms with E-state index in [1.807, 2.05) is 6.07 Å². The first-order chi connectivity index (χ1) is 10.4. The maximum Gasteiger partial charge on any atom is 0.230 e. The topological polar surface area (TPSA) is 60.2 Å². The molecule has 0 spiro atoms. The highest BCUT2D eigenvalue weighted by Crippen LogP contribution is 2.35. The van der Waals surface area contributed by atoms with Crippen LogP contribution in [0.25, 0.3) is 22.1 Å². The van der Waals surface area contributed by atoms with Crippen molar-refractivity contribution >= 4 is 27.9 Å². The third kappa shape index (κ3) is 1.87. The number of aromatic nitrogens is 1. The first kappa shape index (κ1) is 13.2. The summed E-state index contributed by atoms with van der Waals surface area (Å²) in [5.41, 5.74) is 1.88. The number of fused-ring (bicyclic) bond motifs is 3. The van der Waals surface area contributed by atoms with Crippen LogP contribution in [0.2, 0.25) is 0 Å². The molecule has 3 aromatic rings. The first-order valence-corrected chi connectivity index (χ1v) is 7.33. The summed E-state index contributed by atoms with van der Waals surface area (Å²) in [6.45, 7) is 4.10. The molecule has 2 aromatic heterocycles. The number of para-hydroxylation sites is 1. The molecule has 1 aromatic carbocycles. The highest BCUT2D eigenvalue weighted by atomic mass is 16.3. The number of carbonyl (C=O) groups excluding carboxylic acids is 1. The summed E-state index contributed by atoms with van der Waals surface area (Å²) in [4.78, 5) is 29.4. The van der Waals surface area contributed by atoms with Gasteiger partial charge in [0, 0.05) is 12.0 Å². The van der Waals surface area contributed by atoms with Crippen LogP contribution in [0.4, 0.5) is 0 Å². The number of rotatable bonds is 0. The van der Waals surface area contributed by atoms with Crippen LogP contribution in [-0.4, -0.2) is 10.8 Å². The van der Waals surface area contributed by atoms with Crippen LogP contribution in [0, 0.1) is 5.41 Å². The quantitative estimate of drug-likeness (QED) is 0.595. The minimum absolute atomic E-state index is 0.0493. The molecular formula is C18H15NO3. The zero-order valence-corrected chi connectivity index (χ0v) is 12.5. The van der Waals surface area contributed by atoms with Gasteiger partial charge >= 0.3 is 0 Å². The highest BCUT2D eigenvalue weighted by molar-refractivity contribution is 6.01. The van der Waals surface area contributed by atoms with Gasteiger partial charge in [0.1, 0.15) is 5.58 Å². The van der Waals surface area contributed by atoms with E-state index in [9.17, 15) is 9.59 Å². The number of Topliss-reactive ketones (excluding diaryl/α,β-unsaturated/α-hetero) is 1. The van der Waals surface area contributed by atoms with E-state index in [1.54, 1.807) is 24.3 Å². The summed E-state index contributed by atoms with van der Waals surface area (Å²) in [5.74, 6) is 0.0493. The molecule has 0 atom stereocenters. The minimum atomic E-state index is -0.134. The molecule has 0 N–H and O–H groups in total. The Morgan fingerprint density at radius 2 is 1.86 bits per heavy atom. The lowest BCUT2D eigenvalue weighted by Crippen LogP contribution is -2.28. The molecule has 0 aliphatic heterocycles. The van der Waals surface area contributed by atoms with Gasteiger partial charge in [0.15, 0.2) is 5.78 Å². The lowest BCUT2D eigenvalue weighted by Gasteiger charge is -2.29. The van der Waals surface area contributed by atoms with Crippen molar-refractivity contribution in [2.24, 2.45) is 5.41 Å². The Morgan fingerprint density at radius 3 is 2.68 bits per heavy atom. The van der Waals surface area contributed by atoms with Gasteiger partial charge in [-0.05, 0) is 30.0 Å². The second-order valence-corrected chi connectivity index (χ2v) is 6.70. The van der Waals surface area contributed by atoms with E-state index < -0.39 is 0 Å². The Kier molecular flexibility index (Phi) is 2.55. The summed E-state index contributed by atoms with van der Waals surface area (Å²) in [7, 11) is 0. The molecule has 1 aliphatic carbocycles. The molecule has 22 heavy (non-hydrogen) atoms. The van der Waals surface area contributed by atoms with Crippen LogP contribution in [0.3, 0.4) is 0 Å². The van der Waals surface area contributed by atoms with Crippen molar-refractivity contribution in [2.45, 2.75) is 26.7 Å². The molecule has 0 amide bonds. The molecule has 0 fully saturated rings. The molecule has 0 radical (unpaired) electrons. The minimum Gasteiger partial charge on any atom is -0.437 e. The summed E-state index contributed by atoms with van der Waals surface area (Å²) < 4.78 is 5.77. The van der Waals surface area contributed by atoms with Gasteiger partial charge in [-0.1, -0.05) is 26.0 Å². The van der Waals surface area contributed by atoms with E-state index in [1.165, 1.54) is 0 Å². The SMILES string of the molecule is CC1(C)CC(=O)c2cc3c(=O)c4ccccc4oc3nc2C1. The van der Waals surface area contributed by atoms with Gasteiger partial charge in [-0.3, -0.25) is 9.59 Å². The second-order valence-electron chi connectivity index (χ2n) is 6.70. The first-order valence-electron chi connectivity index (χ1n) is 7.33. The predicted molar refractivity (Wildman–Crippen MR) is 84.2 cm³/mol. The third-order valence-electron chi connectivity index (χ3n) is 4.23. The van der Waals surface area contributed by atoms with Crippen LogP contribution < -0.4 is 5.43 Å². The summed E-state index contributed by atoms with van der Waals surface area (Å²) in [5, 5.41) is 0.894. The van der Waals surface area contributed by atoms with Crippen LogP contribution in [0.1, 0.15) is 36.3 Å². The fourth-order valence-corrected chi connectivity index (χ4v) is 3.19. The monoisotopic (exact) mass is 293 g/mol. The van der Waals surface area contributed by atoms with Crippen LogP contribution >= 0.6 is 0 Å². The molecule has 4 heteroatoms. The van der Waals surface area contributed by atoms with Crippen LogP contribution in [0.15, 0.2) is 39.5 Å². The van der Waals surface area contributed by atoms with E-state index >= 15 is 0 Å². The normalized spacial score (nSPS) is 16.9. The van der Waals surface area contributed by atoms with Crippen molar-refractivity contribution in [3.63, 3.8) is 0 Å². The zero-order valence-electron chi connectivity index (χ0n) is 12.5. The number of carbonyl (C=O) groups is 1. The van der Waals surface area contributed by atoms with Crippen molar-refractivity contribution in [3.05, 3.63) is 51.8 Å². The Bertz CT molecular complexity index is 998. The summed E-state index contributed by atoms with van der Waals surface area (Å²) >= 11 is 0. The second kappa shape index (κ2) is 4.26. The number of benzene rings is 1. The Hall–Kier alpha value is -2.49. The molecule has 4 rings (SSSR count). The van der Waals surface area contributed by atoms with Gasteiger partial charge in [0.25, 0.3) is 0 Å².